The molecule has 0 aromatic heterocycles. The van der Waals surface area contributed by atoms with Gasteiger partial charge in [-0.25, -0.2) is 9.59 Å². The van der Waals surface area contributed by atoms with E-state index in [1.54, 1.807) is 6.92 Å². The van der Waals surface area contributed by atoms with Crippen LogP contribution in [0.3, 0.4) is 0 Å². The summed E-state index contributed by atoms with van der Waals surface area (Å²) >= 11 is 0. The molecule has 4 nitrogen and oxygen atoms in total. The van der Waals surface area contributed by atoms with Gasteiger partial charge in [0.2, 0.25) is 12.2 Å². The van der Waals surface area contributed by atoms with Gasteiger partial charge in [-0.3, -0.25) is 0 Å². The largest absolute Gasteiger partial charge is 0.237 e. The van der Waals surface area contributed by atoms with Crippen LogP contribution in [0.4, 0.5) is 0 Å². The lowest BCUT2D eigenvalue weighted by Gasteiger charge is -2.26. The number of carbonyl (C=O) groups excluding carboxylic acids is 2. The number of rotatable bonds is 6. The highest BCUT2D eigenvalue weighted by atomic mass is 16.1. The summed E-state index contributed by atoms with van der Waals surface area (Å²) in [6, 6.07) is 0. The molecule has 0 aliphatic carbocycles. The molecule has 0 spiro atoms. The van der Waals surface area contributed by atoms with Crippen LogP contribution in [0.1, 0.15) is 40.5 Å². The van der Waals surface area contributed by atoms with Gasteiger partial charge in [-0.1, -0.05) is 27.2 Å². The lowest BCUT2D eigenvalue weighted by atomic mass is 9.87. The van der Waals surface area contributed by atoms with E-state index in [2.05, 4.69) is 23.8 Å². The quantitative estimate of drug-likeness (QED) is 0.499. The SMILES string of the molecule is CCC(C)CC(C)C(C)(N=C=O)N=C=O. The van der Waals surface area contributed by atoms with Crippen LogP contribution in [-0.4, -0.2) is 17.8 Å². The van der Waals surface area contributed by atoms with E-state index in [9.17, 15) is 9.59 Å². The summed E-state index contributed by atoms with van der Waals surface area (Å²) in [5.74, 6) is 0.540. The molecule has 0 saturated heterocycles. The molecule has 0 heterocycles. The molecule has 0 aliphatic rings. The molecule has 15 heavy (non-hydrogen) atoms. The van der Waals surface area contributed by atoms with Crippen molar-refractivity contribution in [2.75, 3.05) is 0 Å². The Morgan fingerprint density at radius 1 is 1.20 bits per heavy atom. The topological polar surface area (TPSA) is 58.9 Å². The van der Waals surface area contributed by atoms with Crippen LogP contribution < -0.4 is 0 Å². The highest BCUT2D eigenvalue weighted by Crippen LogP contribution is 2.29. The maximum atomic E-state index is 10.3. The first kappa shape index (κ1) is 13.8. The fraction of sp³-hybridized carbons (Fsp3) is 0.818. The molecule has 0 aliphatic heterocycles. The van der Waals surface area contributed by atoms with Crippen LogP contribution in [0, 0.1) is 11.8 Å². The molecule has 0 aromatic rings. The third-order valence-electron chi connectivity index (χ3n) is 2.93. The second kappa shape index (κ2) is 6.28. The zero-order valence-electron chi connectivity index (χ0n) is 9.78. The maximum Gasteiger partial charge on any atom is 0.237 e. The summed E-state index contributed by atoms with van der Waals surface area (Å²) in [6.45, 7) is 7.79. The van der Waals surface area contributed by atoms with Crippen molar-refractivity contribution in [3.63, 3.8) is 0 Å². The molecule has 4 heteroatoms. The number of hydrogen-bond donors (Lipinski definition) is 0. The van der Waals surface area contributed by atoms with Crippen molar-refractivity contribution in [1.82, 2.24) is 0 Å². The van der Waals surface area contributed by atoms with Gasteiger partial charge in [-0.15, -0.1) is 0 Å². The molecular weight excluding hydrogens is 192 g/mol. The summed E-state index contributed by atoms with van der Waals surface area (Å²) in [5, 5.41) is 0. The molecule has 0 rings (SSSR count). The summed E-state index contributed by atoms with van der Waals surface area (Å²) in [5.41, 5.74) is -1.01. The molecule has 0 N–H and O–H groups in total. The van der Waals surface area contributed by atoms with Crippen LogP contribution in [0.5, 0.6) is 0 Å². The van der Waals surface area contributed by atoms with Crippen molar-refractivity contribution in [3.05, 3.63) is 0 Å². The molecule has 0 bridgehead atoms. The summed E-state index contributed by atoms with van der Waals surface area (Å²) < 4.78 is 0. The summed E-state index contributed by atoms with van der Waals surface area (Å²) in [4.78, 5) is 27.7. The number of isocyanates is 2. The predicted molar refractivity (Wildman–Crippen MR) is 57.9 cm³/mol. The van der Waals surface area contributed by atoms with Gasteiger partial charge in [0.05, 0.1) is 0 Å². The highest BCUT2D eigenvalue weighted by molar-refractivity contribution is 5.39. The molecule has 0 fully saturated rings. The fourth-order valence-electron chi connectivity index (χ4n) is 1.42. The normalized spacial score (nSPS) is 17.9. The van der Waals surface area contributed by atoms with E-state index >= 15 is 0 Å². The molecule has 0 saturated carbocycles. The number of hydrogen-bond acceptors (Lipinski definition) is 4. The van der Waals surface area contributed by atoms with Crippen LogP contribution >= 0.6 is 0 Å². The van der Waals surface area contributed by atoms with E-state index in [4.69, 9.17) is 0 Å². The second-order valence-corrected chi connectivity index (χ2v) is 4.15. The summed E-state index contributed by atoms with van der Waals surface area (Å²) in [6.07, 6.45) is 4.85. The van der Waals surface area contributed by atoms with Gasteiger partial charge in [-0.2, -0.15) is 9.98 Å². The van der Waals surface area contributed by atoms with Crippen molar-refractivity contribution in [3.8, 4) is 0 Å². The minimum absolute atomic E-state index is 0.0235. The van der Waals surface area contributed by atoms with Gasteiger partial charge in [-0.05, 0) is 19.3 Å². The molecule has 2 atom stereocenters. The first-order chi connectivity index (χ1) is 7.00. The fourth-order valence-corrected chi connectivity index (χ4v) is 1.42. The first-order valence-corrected chi connectivity index (χ1v) is 5.18. The van der Waals surface area contributed by atoms with Gasteiger partial charge in [0.1, 0.15) is 0 Å². The van der Waals surface area contributed by atoms with Crippen LogP contribution in [0.15, 0.2) is 9.98 Å². The maximum absolute atomic E-state index is 10.3. The van der Waals surface area contributed by atoms with Gasteiger partial charge in [0, 0.05) is 5.92 Å². The molecule has 2 unspecified atom stereocenters. The average molecular weight is 210 g/mol. The lowest BCUT2D eigenvalue weighted by molar-refractivity contribution is 0.272. The predicted octanol–water partition coefficient (Wildman–Crippen LogP) is 2.45. The van der Waals surface area contributed by atoms with Gasteiger partial charge in [0.15, 0.2) is 5.66 Å². The van der Waals surface area contributed by atoms with Gasteiger partial charge >= 0.3 is 0 Å². The van der Waals surface area contributed by atoms with Crippen molar-refractivity contribution >= 4 is 12.2 Å². The number of nitrogens with zero attached hydrogens (tertiary/aromatic N) is 2. The standard InChI is InChI=1S/C11H18N2O2/c1-5-9(2)6-10(3)11(4,12-7-14)13-8-15/h9-10H,5-6H2,1-4H3. The van der Waals surface area contributed by atoms with Crippen molar-refractivity contribution in [2.24, 2.45) is 21.8 Å². The Kier molecular flexibility index (Phi) is 5.76. The first-order valence-electron chi connectivity index (χ1n) is 5.18. The third-order valence-corrected chi connectivity index (χ3v) is 2.93. The summed E-state index contributed by atoms with van der Waals surface area (Å²) in [7, 11) is 0. The minimum Gasteiger partial charge on any atom is -0.211 e. The van der Waals surface area contributed by atoms with Crippen molar-refractivity contribution in [2.45, 2.75) is 46.2 Å². The third kappa shape index (κ3) is 4.20. The lowest BCUT2D eigenvalue weighted by Crippen LogP contribution is -2.29. The van der Waals surface area contributed by atoms with E-state index in [0.29, 0.717) is 5.92 Å². The molecule has 0 aromatic carbocycles. The van der Waals surface area contributed by atoms with Crippen molar-refractivity contribution in [1.29, 1.82) is 0 Å². The van der Waals surface area contributed by atoms with Crippen LogP contribution in [-0.2, 0) is 9.59 Å². The monoisotopic (exact) mass is 210 g/mol. The van der Waals surface area contributed by atoms with Gasteiger partial charge in [0.25, 0.3) is 0 Å². The van der Waals surface area contributed by atoms with E-state index in [1.165, 1.54) is 12.2 Å². The minimum atomic E-state index is -1.01. The highest BCUT2D eigenvalue weighted by Gasteiger charge is 2.31. The smallest absolute Gasteiger partial charge is 0.211 e. The second-order valence-electron chi connectivity index (χ2n) is 4.15. The van der Waals surface area contributed by atoms with E-state index in [-0.39, 0.29) is 5.92 Å². The van der Waals surface area contributed by atoms with E-state index in [0.717, 1.165) is 12.8 Å². The van der Waals surface area contributed by atoms with E-state index in [1.807, 2.05) is 6.92 Å². The zero-order valence-corrected chi connectivity index (χ0v) is 9.78. The number of aliphatic imine (C=N–C) groups is 2. The Labute approximate surface area is 90.5 Å². The Balaban J connectivity index is 4.77. The molecular formula is C11H18N2O2. The van der Waals surface area contributed by atoms with Crippen LogP contribution in [0.25, 0.3) is 0 Å². The molecule has 84 valence electrons. The van der Waals surface area contributed by atoms with Crippen LogP contribution in [0.2, 0.25) is 0 Å². The Hall–Kier alpha value is -1.24. The average Bonchev–Trinajstić information content (AvgIpc) is 2.18. The Bertz CT molecular complexity index is 271. The van der Waals surface area contributed by atoms with Gasteiger partial charge < -0.3 is 0 Å². The van der Waals surface area contributed by atoms with Crippen molar-refractivity contribution < 1.29 is 9.59 Å². The molecule has 0 radical (unpaired) electrons. The Morgan fingerprint density at radius 2 is 1.67 bits per heavy atom. The Morgan fingerprint density at radius 3 is 2.00 bits per heavy atom. The zero-order chi connectivity index (χ0) is 11.9. The molecule has 0 amide bonds. The van der Waals surface area contributed by atoms with E-state index < -0.39 is 5.66 Å².